The van der Waals surface area contributed by atoms with E-state index in [1.54, 1.807) is 20.8 Å². The van der Waals surface area contributed by atoms with Gasteiger partial charge in [0.15, 0.2) is 0 Å². The van der Waals surface area contributed by atoms with Gasteiger partial charge < -0.3 is 25.3 Å². The van der Waals surface area contributed by atoms with Crippen molar-refractivity contribution in [1.82, 2.24) is 25.2 Å². The summed E-state index contributed by atoms with van der Waals surface area (Å²) in [5.74, 6) is -3.17. The predicted molar refractivity (Wildman–Crippen MR) is 107 cm³/mol. The van der Waals surface area contributed by atoms with E-state index >= 15 is 0 Å². The fourth-order valence-electron chi connectivity index (χ4n) is 2.65. The Morgan fingerprint density at radius 2 is 1.82 bits per heavy atom. The van der Waals surface area contributed by atoms with Crippen molar-refractivity contribution in [3.63, 3.8) is 0 Å². The number of carboxylic acid groups (broad SMARTS) is 1. The van der Waals surface area contributed by atoms with E-state index in [-0.39, 0.29) is 37.9 Å². The Morgan fingerprint density at radius 3 is 2.36 bits per heavy atom. The Morgan fingerprint density at radius 1 is 1.18 bits per heavy atom. The van der Waals surface area contributed by atoms with Crippen LogP contribution < -0.4 is 10.6 Å². The maximum atomic E-state index is 12.6. The van der Waals surface area contributed by atoms with Crippen molar-refractivity contribution >= 4 is 35.9 Å². The number of rotatable bonds is 8. The topological polar surface area (TPSA) is 186 Å². The van der Waals surface area contributed by atoms with Gasteiger partial charge in [0.05, 0.1) is 5.69 Å². The number of aromatic nitrogens is 2. The molecule has 0 saturated carbocycles. The van der Waals surface area contributed by atoms with Crippen LogP contribution in [0.4, 0.5) is 9.59 Å². The van der Waals surface area contributed by atoms with Gasteiger partial charge in [-0.1, -0.05) is 0 Å². The molecular formula is C19H25N5O9. The monoisotopic (exact) mass is 467 g/mol. The lowest BCUT2D eigenvalue weighted by molar-refractivity contribution is -0.199. The van der Waals surface area contributed by atoms with Crippen LogP contribution in [0.15, 0.2) is 12.5 Å². The van der Waals surface area contributed by atoms with Gasteiger partial charge in [-0.25, -0.2) is 23.9 Å². The van der Waals surface area contributed by atoms with Crippen molar-refractivity contribution in [2.24, 2.45) is 0 Å². The maximum Gasteiger partial charge on any atom is 0.416 e. The fraction of sp³-hybridized carbons (Fsp3) is 0.526. The highest BCUT2D eigenvalue weighted by Crippen LogP contribution is 2.14. The van der Waals surface area contributed by atoms with Crippen molar-refractivity contribution in [3.8, 4) is 0 Å². The number of hydrogen-bond donors (Lipinski definition) is 3. The Bertz CT molecular complexity index is 934. The van der Waals surface area contributed by atoms with Crippen LogP contribution >= 0.6 is 0 Å². The number of imidazole rings is 1. The summed E-state index contributed by atoms with van der Waals surface area (Å²) in [6.07, 6.45) is -0.625. The lowest BCUT2D eigenvalue weighted by Crippen LogP contribution is -2.47. The van der Waals surface area contributed by atoms with E-state index < -0.39 is 47.5 Å². The van der Waals surface area contributed by atoms with E-state index in [1.807, 2.05) is 0 Å². The van der Waals surface area contributed by atoms with Crippen LogP contribution in [0.5, 0.6) is 0 Å². The SMILES string of the molecule is CC(C)(C)OC(=O)NCCC(=O)NC(Cc1cn(C(=O)O)cn1)C(=O)ON1C(=O)CCC1=O. The zero-order chi connectivity index (χ0) is 24.8. The van der Waals surface area contributed by atoms with E-state index in [9.17, 15) is 28.8 Å². The van der Waals surface area contributed by atoms with Crippen LogP contribution in [0, 0.1) is 0 Å². The number of alkyl carbamates (subject to hydrolysis) is 1. The highest BCUT2D eigenvalue weighted by Gasteiger charge is 2.35. The molecule has 1 saturated heterocycles. The molecule has 1 fully saturated rings. The van der Waals surface area contributed by atoms with E-state index in [0.717, 1.165) is 17.1 Å². The highest BCUT2D eigenvalue weighted by atomic mass is 16.7. The molecule has 1 atom stereocenters. The van der Waals surface area contributed by atoms with Gasteiger partial charge in [0.2, 0.25) is 5.91 Å². The predicted octanol–water partition coefficient (Wildman–Crippen LogP) is -0.0415. The minimum Gasteiger partial charge on any atom is -0.464 e. The third kappa shape index (κ3) is 7.90. The molecule has 33 heavy (non-hydrogen) atoms. The zero-order valence-corrected chi connectivity index (χ0v) is 18.3. The molecule has 14 heteroatoms. The van der Waals surface area contributed by atoms with Gasteiger partial charge in [0, 0.05) is 38.4 Å². The lowest BCUT2D eigenvalue weighted by Gasteiger charge is -2.20. The first-order chi connectivity index (χ1) is 15.4. The first kappa shape index (κ1) is 25.3. The second kappa shape index (κ2) is 10.6. The van der Waals surface area contributed by atoms with Crippen LogP contribution in [-0.4, -0.2) is 73.8 Å². The summed E-state index contributed by atoms with van der Waals surface area (Å²) in [6.45, 7) is 4.93. The van der Waals surface area contributed by atoms with Gasteiger partial charge in [0.25, 0.3) is 11.8 Å². The number of carbonyl (C=O) groups is 6. The summed E-state index contributed by atoms with van der Waals surface area (Å²) in [5, 5.41) is 14.1. The van der Waals surface area contributed by atoms with Crippen molar-refractivity contribution < 1.29 is 43.4 Å². The molecule has 0 radical (unpaired) electrons. The summed E-state index contributed by atoms with van der Waals surface area (Å²) in [6, 6.07) is -1.39. The summed E-state index contributed by atoms with van der Waals surface area (Å²) in [5.41, 5.74) is -0.587. The molecule has 1 aliphatic rings. The van der Waals surface area contributed by atoms with Crippen LogP contribution in [-0.2, 0) is 35.2 Å². The second-order valence-corrected chi connectivity index (χ2v) is 8.05. The minimum atomic E-state index is -1.39. The third-order valence-corrected chi connectivity index (χ3v) is 4.10. The van der Waals surface area contributed by atoms with E-state index in [2.05, 4.69) is 15.6 Å². The number of hydroxylamine groups is 2. The number of ether oxygens (including phenoxy) is 1. The van der Waals surface area contributed by atoms with Crippen molar-refractivity contribution in [1.29, 1.82) is 0 Å². The minimum absolute atomic E-state index is 0.0980. The Hall–Kier alpha value is -3.97. The Kier molecular flexibility index (Phi) is 8.10. The molecule has 2 rings (SSSR count). The average Bonchev–Trinajstić information content (AvgIpc) is 3.28. The number of amides is 4. The summed E-state index contributed by atoms with van der Waals surface area (Å²) in [4.78, 5) is 79.7. The van der Waals surface area contributed by atoms with Gasteiger partial charge in [-0.3, -0.25) is 14.4 Å². The maximum absolute atomic E-state index is 12.6. The Balaban J connectivity index is 2.01. The van der Waals surface area contributed by atoms with Gasteiger partial charge in [0.1, 0.15) is 18.0 Å². The number of hydrogen-bond acceptors (Lipinski definition) is 9. The molecular weight excluding hydrogens is 442 g/mol. The van der Waals surface area contributed by atoms with E-state index in [0.29, 0.717) is 5.06 Å². The summed E-state index contributed by atoms with van der Waals surface area (Å²) in [7, 11) is 0. The van der Waals surface area contributed by atoms with Gasteiger partial charge in [-0.15, -0.1) is 5.06 Å². The summed E-state index contributed by atoms with van der Waals surface area (Å²) < 4.78 is 5.80. The van der Waals surface area contributed by atoms with Crippen LogP contribution in [0.2, 0.25) is 0 Å². The zero-order valence-electron chi connectivity index (χ0n) is 18.3. The largest absolute Gasteiger partial charge is 0.464 e. The number of nitrogens with zero attached hydrogens (tertiary/aromatic N) is 3. The molecule has 1 aromatic rings. The normalized spacial score (nSPS) is 14.6. The molecule has 0 aromatic carbocycles. The Labute approximate surface area is 188 Å². The average molecular weight is 467 g/mol. The molecule has 14 nitrogen and oxygen atoms in total. The molecule has 1 aliphatic heterocycles. The summed E-state index contributed by atoms with van der Waals surface area (Å²) >= 11 is 0. The number of nitrogens with one attached hydrogen (secondary N) is 2. The van der Waals surface area contributed by atoms with Crippen LogP contribution in [0.3, 0.4) is 0 Å². The smallest absolute Gasteiger partial charge is 0.416 e. The number of carbonyl (C=O) groups excluding carboxylic acids is 5. The van der Waals surface area contributed by atoms with Crippen LogP contribution in [0.25, 0.3) is 0 Å². The second-order valence-electron chi connectivity index (χ2n) is 8.05. The van der Waals surface area contributed by atoms with Crippen molar-refractivity contribution in [2.45, 2.75) is 58.1 Å². The molecule has 0 spiro atoms. The molecule has 180 valence electrons. The lowest BCUT2D eigenvalue weighted by atomic mass is 10.1. The molecule has 2 heterocycles. The quantitative estimate of drug-likeness (QED) is 0.438. The van der Waals surface area contributed by atoms with Crippen molar-refractivity contribution in [3.05, 3.63) is 18.2 Å². The molecule has 0 bridgehead atoms. The first-order valence-electron chi connectivity index (χ1n) is 9.95. The molecule has 0 aliphatic carbocycles. The van der Waals surface area contributed by atoms with E-state index in [1.165, 1.54) is 0 Å². The first-order valence-corrected chi connectivity index (χ1v) is 9.95. The molecule has 3 N–H and O–H groups in total. The standard InChI is InChI=1S/C19H25N5O9/c1-19(2,3)32-17(29)20-7-6-13(25)22-12(8-11-9-23(10-21-11)18(30)31)16(28)33-24-14(26)4-5-15(24)27/h9-10,12H,4-8H2,1-3H3,(H,20,29)(H,22,25)(H,30,31). The fourth-order valence-corrected chi connectivity index (χ4v) is 2.65. The third-order valence-electron chi connectivity index (χ3n) is 4.10. The van der Waals surface area contributed by atoms with Crippen molar-refractivity contribution in [2.75, 3.05) is 6.54 Å². The molecule has 4 amide bonds. The number of imide groups is 1. The molecule has 1 unspecified atom stereocenters. The molecule has 1 aromatic heterocycles. The van der Waals surface area contributed by atoms with Gasteiger partial charge in [-0.05, 0) is 20.8 Å². The van der Waals surface area contributed by atoms with E-state index in [4.69, 9.17) is 14.7 Å². The van der Waals surface area contributed by atoms with Gasteiger partial charge in [-0.2, -0.15) is 0 Å². The van der Waals surface area contributed by atoms with Crippen LogP contribution in [0.1, 0.15) is 45.7 Å². The highest BCUT2D eigenvalue weighted by molar-refractivity contribution is 6.02. The van der Waals surface area contributed by atoms with Gasteiger partial charge >= 0.3 is 18.2 Å².